The summed E-state index contributed by atoms with van der Waals surface area (Å²) in [7, 11) is -3.99. The van der Waals surface area contributed by atoms with Crippen molar-refractivity contribution in [2.75, 3.05) is 11.4 Å². The van der Waals surface area contributed by atoms with Crippen LogP contribution in [-0.2, 0) is 14.8 Å². The lowest BCUT2D eigenvalue weighted by Crippen LogP contribution is -2.41. The summed E-state index contributed by atoms with van der Waals surface area (Å²) in [6, 6.07) is 16.6. The first-order valence-corrected chi connectivity index (χ1v) is 12.9. The first-order chi connectivity index (χ1) is 16.7. The van der Waals surface area contributed by atoms with Gasteiger partial charge >= 0.3 is 0 Å². The highest BCUT2D eigenvalue weighted by Crippen LogP contribution is 2.32. The van der Waals surface area contributed by atoms with Gasteiger partial charge in [-0.3, -0.25) is 4.79 Å². The minimum Gasteiger partial charge on any atom is -0.308 e. The highest BCUT2D eigenvalue weighted by Gasteiger charge is 2.36. The number of benzene rings is 3. The molecule has 0 spiro atoms. The van der Waals surface area contributed by atoms with Crippen LogP contribution in [0.3, 0.4) is 0 Å². The fraction of sp³-hybridized carbons (Fsp3) is 0.120. The molecule has 5 rings (SSSR count). The van der Waals surface area contributed by atoms with Crippen molar-refractivity contribution in [3.63, 3.8) is 0 Å². The minimum absolute atomic E-state index is 0.0301. The number of amides is 1. The van der Waals surface area contributed by atoms with Gasteiger partial charge in [-0.2, -0.15) is 4.72 Å². The van der Waals surface area contributed by atoms with Gasteiger partial charge in [0.25, 0.3) is 0 Å². The second kappa shape index (κ2) is 9.20. The molecule has 0 aliphatic carbocycles. The Labute approximate surface area is 211 Å². The van der Waals surface area contributed by atoms with E-state index >= 15 is 0 Å². The lowest BCUT2D eigenvalue weighted by atomic mass is 10.1. The Balaban J connectivity index is 1.36. The van der Waals surface area contributed by atoms with E-state index in [1.165, 1.54) is 35.4 Å². The molecule has 0 radical (unpaired) electrons. The molecule has 1 aromatic heterocycles. The van der Waals surface area contributed by atoms with E-state index in [0.29, 0.717) is 21.5 Å². The normalized spacial score (nSPS) is 16.3. The summed E-state index contributed by atoms with van der Waals surface area (Å²) in [5.74, 6) is -1.14. The lowest BCUT2D eigenvalue weighted by molar-refractivity contribution is -0.118. The molecule has 2 heterocycles. The molecule has 0 saturated carbocycles. The number of hydrogen-bond acceptors (Lipinski definition) is 4. The molecule has 10 heteroatoms. The average molecular weight is 530 g/mol. The molecule has 0 unspecified atom stereocenters. The molecule has 6 nitrogen and oxygen atoms in total. The number of pyridine rings is 1. The molecule has 4 aromatic rings. The van der Waals surface area contributed by atoms with Crippen molar-refractivity contribution in [2.45, 2.75) is 17.4 Å². The van der Waals surface area contributed by atoms with Gasteiger partial charge in [0.1, 0.15) is 17.0 Å². The zero-order valence-corrected chi connectivity index (χ0v) is 20.4. The molecule has 3 aromatic carbocycles. The molecule has 1 atom stereocenters. The van der Waals surface area contributed by atoms with Gasteiger partial charge in [-0.1, -0.05) is 41.4 Å². The van der Waals surface area contributed by atoms with Crippen molar-refractivity contribution in [2.24, 2.45) is 0 Å². The van der Waals surface area contributed by atoms with Gasteiger partial charge in [-0.25, -0.2) is 17.8 Å². The molecule has 1 N–H and O–H groups in total. The number of carbonyl (C=O) groups is 1. The number of fused-ring (bicyclic) bond motifs is 1. The zero-order valence-electron chi connectivity index (χ0n) is 18.1. The smallest absolute Gasteiger partial charge is 0.245 e. The molecule has 0 bridgehead atoms. The number of sulfonamides is 1. The van der Waals surface area contributed by atoms with Crippen molar-refractivity contribution in [1.82, 2.24) is 9.71 Å². The number of carbonyl (C=O) groups excluding carboxylic acids is 1. The Hall–Kier alpha value is -3.04. The first-order valence-electron chi connectivity index (χ1n) is 10.7. The fourth-order valence-electron chi connectivity index (χ4n) is 4.14. The summed E-state index contributed by atoms with van der Waals surface area (Å²) in [5.41, 5.74) is 1.16. The van der Waals surface area contributed by atoms with Crippen molar-refractivity contribution < 1.29 is 17.6 Å². The summed E-state index contributed by atoms with van der Waals surface area (Å²) in [6.07, 6.45) is 1.74. The van der Waals surface area contributed by atoms with Crippen LogP contribution >= 0.6 is 23.2 Å². The summed E-state index contributed by atoms with van der Waals surface area (Å²) in [4.78, 5) is 18.3. The Morgan fingerprint density at radius 1 is 1.00 bits per heavy atom. The molecule has 1 fully saturated rings. The molecule has 35 heavy (non-hydrogen) atoms. The SMILES string of the molecule is O=C1[C@@H](NS(=O)(=O)c2ccc3cc(Cl)ccc3c2)CCN1c1ccc(-c2cccnc2Cl)cc1F. The van der Waals surface area contributed by atoms with E-state index in [4.69, 9.17) is 23.2 Å². The van der Waals surface area contributed by atoms with Gasteiger partial charge < -0.3 is 4.90 Å². The second-order valence-corrected chi connectivity index (χ2v) is 10.6. The molecule has 178 valence electrons. The van der Waals surface area contributed by atoms with Crippen LogP contribution in [0.4, 0.5) is 10.1 Å². The van der Waals surface area contributed by atoms with Crippen molar-refractivity contribution >= 4 is 55.6 Å². The summed E-state index contributed by atoms with van der Waals surface area (Å²) < 4.78 is 43.4. The molecular weight excluding hydrogens is 512 g/mol. The number of nitrogens with one attached hydrogen (secondary N) is 1. The zero-order chi connectivity index (χ0) is 24.7. The third-order valence-corrected chi connectivity index (χ3v) is 7.90. The van der Waals surface area contributed by atoms with Crippen LogP contribution in [0, 0.1) is 5.82 Å². The van der Waals surface area contributed by atoms with Gasteiger partial charge in [0.15, 0.2) is 0 Å². The maximum atomic E-state index is 15.0. The summed E-state index contributed by atoms with van der Waals surface area (Å²) >= 11 is 12.1. The Kier molecular flexibility index (Phi) is 6.23. The van der Waals surface area contributed by atoms with E-state index in [2.05, 4.69) is 9.71 Å². The largest absolute Gasteiger partial charge is 0.308 e. The van der Waals surface area contributed by atoms with Crippen molar-refractivity contribution in [3.05, 3.63) is 88.9 Å². The van der Waals surface area contributed by atoms with E-state index in [9.17, 15) is 17.6 Å². The topological polar surface area (TPSA) is 79.4 Å². The fourth-order valence-corrected chi connectivity index (χ4v) is 5.81. The van der Waals surface area contributed by atoms with Crippen molar-refractivity contribution in [3.8, 4) is 11.1 Å². The molecule has 1 saturated heterocycles. The number of anilines is 1. The highest BCUT2D eigenvalue weighted by molar-refractivity contribution is 7.89. The average Bonchev–Trinajstić information content (AvgIpc) is 3.18. The standard InChI is InChI=1S/C25H18Cl2FN3O3S/c26-18-6-3-16-13-19(7-4-15(16)12-18)35(33,34)30-22-9-11-31(25(22)32)23-8-5-17(14-21(23)28)20-2-1-10-29-24(20)27/h1-8,10,12-14,22,30H,9,11H2/t22-/m0/s1. The number of hydrogen-bond donors (Lipinski definition) is 1. The van der Waals surface area contributed by atoms with Crippen LogP contribution < -0.4 is 9.62 Å². The number of halogens is 3. The van der Waals surface area contributed by atoms with Gasteiger partial charge in [0.2, 0.25) is 15.9 Å². The predicted molar refractivity (Wildman–Crippen MR) is 135 cm³/mol. The lowest BCUT2D eigenvalue weighted by Gasteiger charge is -2.19. The Bertz CT molecular complexity index is 1580. The number of aromatic nitrogens is 1. The van der Waals surface area contributed by atoms with E-state index < -0.39 is 27.8 Å². The van der Waals surface area contributed by atoms with Crippen LogP contribution in [0.2, 0.25) is 10.2 Å². The second-order valence-electron chi connectivity index (χ2n) is 8.11. The number of nitrogens with zero attached hydrogens (tertiary/aromatic N) is 2. The van der Waals surface area contributed by atoms with Gasteiger partial charge in [-0.05, 0) is 71.3 Å². The Morgan fingerprint density at radius 3 is 2.54 bits per heavy atom. The quantitative estimate of drug-likeness (QED) is 0.349. The van der Waals surface area contributed by atoms with Crippen molar-refractivity contribution in [1.29, 1.82) is 0 Å². The monoisotopic (exact) mass is 529 g/mol. The maximum Gasteiger partial charge on any atom is 0.245 e. The van der Waals surface area contributed by atoms with Crippen LogP contribution in [0.15, 0.2) is 77.8 Å². The van der Waals surface area contributed by atoms with Crippen LogP contribution in [0.25, 0.3) is 21.9 Å². The van der Waals surface area contributed by atoms with Crippen LogP contribution in [0.5, 0.6) is 0 Å². The van der Waals surface area contributed by atoms with E-state index in [-0.39, 0.29) is 28.7 Å². The summed E-state index contributed by atoms with van der Waals surface area (Å²) in [6.45, 7) is 0.173. The molecule has 1 amide bonds. The third-order valence-electron chi connectivity index (χ3n) is 5.90. The molecule has 1 aliphatic rings. The van der Waals surface area contributed by atoms with Gasteiger partial charge in [0, 0.05) is 23.3 Å². The van der Waals surface area contributed by atoms with E-state index in [1.54, 1.807) is 42.5 Å². The minimum atomic E-state index is -3.99. The van der Waals surface area contributed by atoms with Crippen LogP contribution in [-0.4, -0.2) is 31.9 Å². The van der Waals surface area contributed by atoms with Crippen LogP contribution in [0.1, 0.15) is 6.42 Å². The van der Waals surface area contributed by atoms with Gasteiger partial charge in [0.05, 0.1) is 10.6 Å². The number of rotatable bonds is 5. The van der Waals surface area contributed by atoms with E-state index in [1.807, 2.05) is 0 Å². The molecule has 1 aliphatic heterocycles. The Morgan fingerprint density at radius 2 is 1.77 bits per heavy atom. The first kappa shape index (κ1) is 23.7. The summed E-state index contributed by atoms with van der Waals surface area (Å²) in [5, 5.41) is 2.29. The van der Waals surface area contributed by atoms with Gasteiger partial charge in [-0.15, -0.1) is 0 Å². The van der Waals surface area contributed by atoms with E-state index in [0.717, 1.165) is 5.39 Å². The predicted octanol–water partition coefficient (Wildman–Crippen LogP) is 5.43. The maximum absolute atomic E-state index is 15.0. The third kappa shape index (κ3) is 4.62. The molecular formula is C25H18Cl2FN3O3S. The highest BCUT2D eigenvalue weighted by atomic mass is 35.5.